The first kappa shape index (κ1) is 38.1. The summed E-state index contributed by atoms with van der Waals surface area (Å²) in [7, 11) is 0. The maximum atomic E-state index is 14.2. The van der Waals surface area contributed by atoms with Gasteiger partial charge in [-0.2, -0.15) is 44.3 Å². The molecule has 3 heterocycles. The van der Waals surface area contributed by atoms with Gasteiger partial charge in [0.05, 0.1) is 41.4 Å². The second-order valence-corrected chi connectivity index (χ2v) is 14.1. The molecule has 0 N–H and O–H groups in total. The molecule has 1 aromatic heterocycles. The number of anilines is 2. The Hall–Kier alpha value is -5.23. The van der Waals surface area contributed by atoms with Crippen molar-refractivity contribution in [1.82, 2.24) is 25.1 Å². The zero-order chi connectivity index (χ0) is 39.6. The van der Waals surface area contributed by atoms with Crippen molar-refractivity contribution in [2.24, 2.45) is 5.92 Å². The van der Waals surface area contributed by atoms with Gasteiger partial charge in [0, 0.05) is 37.3 Å². The maximum absolute atomic E-state index is 14.2. The number of amides is 2. The number of aryl methyl sites for hydroxylation is 1. The third kappa shape index (κ3) is 7.82. The Morgan fingerprint density at radius 1 is 0.818 bits per heavy atom. The highest BCUT2D eigenvalue weighted by Crippen LogP contribution is 2.45. The minimum Gasteiger partial charge on any atom is -0.371 e. The molecule has 2 aliphatic carbocycles. The normalized spacial score (nSPS) is 19.3. The molecule has 2 aliphatic heterocycles. The fourth-order valence-electron chi connectivity index (χ4n) is 7.28. The number of tetrazole rings is 1. The number of ketones is 1. The molecule has 1 atom stereocenters. The van der Waals surface area contributed by atoms with E-state index in [-0.39, 0.29) is 72.0 Å². The number of hydrogen-bond acceptors (Lipinski definition) is 8. The SMILES string of the molecule is Cc1cc2c(cc1C(F)(F)F)N(CC1CC1)CCC[C@@H]2N(Cc1cc(C(F)(F)F)cc(C(F)(F)F)c1)c1nnn(CCN2C(=O)C3=CCC(=O)C=C3C2=O)n1. The van der Waals surface area contributed by atoms with Crippen LogP contribution in [-0.4, -0.2) is 62.3 Å². The predicted molar refractivity (Wildman–Crippen MR) is 176 cm³/mol. The van der Waals surface area contributed by atoms with Crippen molar-refractivity contribution in [3.8, 4) is 0 Å². The van der Waals surface area contributed by atoms with Crippen LogP contribution in [0.25, 0.3) is 0 Å². The summed E-state index contributed by atoms with van der Waals surface area (Å²) in [5.41, 5.74) is -3.92. The van der Waals surface area contributed by atoms with Gasteiger partial charge in [0.25, 0.3) is 17.8 Å². The zero-order valence-corrected chi connectivity index (χ0v) is 29.0. The lowest BCUT2D eigenvalue weighted by molar-refractivity contribution is -0.143. The van der Waals surface area contributed by atoms with Crippen LogP contribution in [-0.2, 0) is 46.0 Å². The van der Waals surface area contributed by atoms with E-state index >= 15 is 0 Å². The summed E-state index contributed by atoms with van der Waals surface area (Å²) < 4.78 is 126. The third-order valence-corrected chi connectivity index (χ3v) is 10.1. The van der Waals surface area contributed by atoms with Crippen molar-refractivity contribution in [1.29, 1.82) is 0 Å². The van der Waals surface area contributed by atoms with Gasteiger partial charge in [-0.3, -0.25) is 19.3 Å². The quantitative estimate of drug-likeness (QED) is 0.169. The summed E-state index contributed by atoms with van der Waals surface area (Å²) in [6, 6.07) is 2.58. The molecule has 2 fully saturated rings. The van der Waals surface area contributed by atoms with Crippen molar-refractivity contribution in [2.45, 2.75) is 76.7 Å². The molecule has 0 spiro atoms. The number of allylic oxidation sites excluding steroid dienone is 2. The van der Waals surface area contributed by atoms with Crippen LogP contribution >= 0.6 is 0 Å². The van der Waals surface area contributed by atoms with E-state index in [1.54, 1.807) is 0 Å². The van der Waals surface area contributed by atoms with Crippen LogP contribution < -0.4 is 9.80 Å². The summed E-state index contributed by atoms with van der Waals surface area (Å²) in [6.45, 7) is 0.931. The second-order valence-electron chi connectivity index (χ2n) is 14.1. The number of carbonyl (C=O) groups excluding carboxylic acids is 3. The highest BCUT2D eigenvalue weighted by Gasteiger charge is 2.42. The molecular formula is C36H32F9N7O3. The highest BCUT2D eigenvalue weighted by molar-refractivity contribution is 6.27. The van der Waals surface area contributed by atoms with E-state index in [1.165, 1.54) is 24.0 Å². The number of hydrogen-bond donors (Lipinski definition) is 0. The largest absolute Gasteiger partial charge is 0.416 e. The number of imide groups is 1. The molecule has 4 aliphatic rings. The second kappa shape index (κ2) is 13.8. The van der Waals surface area contributed by atoms with Crippen LogP contribution in [0.1, 0.15) is 71.5 Å². The van der Waals surface area contributed by atoms with Crippen molar-refractivity contribution in [3.05, 3.63) is 87.0 Å². The number of nitrogens with zero attached hydrogens (tertiary/aromatic N) is 7. The fraction of sp³-hybridized carbons (Fsp3) is 0.444. The lowest BCUT2D eigenvalue weighted by Gasteiger charge is -2.33. The molecule has 3 aromatic rings. The van der Waals surface area contributed by atoms with Crippen molar-refractivity contribution in [3.63, 3.8) is 0 Å². The predicted octanol–water partition coefficient (Wildman–Crippen LogP) is 6.99. The summed E-state index contributed by atoms with van der Waals surface area (Å²) in [5.74, 6) is -1.71. The van der Waals surface area contributed by atoms with Crippen LogP contribution in [0.15, 0.2) is 53.6 Å². The first-order chi connectivity index (χ1) is 25.8. The van der Waals surface area contributed by atoms with Crippen molar-refractivity contribution < 1.29 is 53.9 Å². The average molecular weight is 782 g/mol. The van der Waals surface area contributed by atoms with E-state index in [4.69, 9.17) is 0 Å². The minimum absolute atomic E-state index is 0.000167. The van der Waals surface area contributed by atoms with Gasteiger partial charge in [0.15, 0.2) is 5.78 Å². The fourth-order valence-corrected chi connectivity index (χ4v) is 7.28. The first-order valence-electron chi connectivity index (χ1n) is 17.4. The lowest BCUT2D eigenvalue weighted by atomic mass is 9.94. The van der Waals surface area contributed by atoms with Crippen LogP contribution in [0.4, 0.5) is 51.1 Å². The van der Waals surface area contributed by atoms with Gasteiger partial charge in [-0.05, 0) is 90.8 Å². The zero-order valence-electron chi connectivity index (χ0n) is 29.0. The van der Waals surface area contributed by atoms with E-state index in [0.29, 0.717) is 37.2 Å². The summed E-state index contributed by atoms with van der Waals surface area (Å²) in [5, 5.41) is 12.4. The Morgan fingerprint density at radius 2 is 1.49 bits per heavy atom. The van der Waals surface area contributed by atoms with Crippen LogP contribution in [0.5, 0.6) is 0 Å². The molecule has 0 unspecified atom stereocenters. The van der Waals surface area contributed by atoms with Crippen LogP contribution in [0, 0.1) is 12.8 Å². The molecule has 2 amide bonds. The Morgan fingerprint density at radius 3 is 2.13 bits per heavy atom. The van der Waals surface area contributed by atoms with Gasteiger partial charge in [-0.1, -0.05) is 17.2 Å². The Bertz CT molecular complexity index is 2080. The molecule has 1 saturated heterocycles. The summed E-state index contributed by atoms with van der Waals surface area (Å²) in [6.07, 6.45) is -10.2. The molecule has 292 valence electrons. The van der Waals surface area contributed by atoms with E-state index < -0.39 is 65.2 Å². The average Bonchev–Trinajstić information content (AvgIpc) is 3.78. The van der Waals surface area contributed by atoms with E-state index in [1.807, 2.05) is 4.90 Å². The molecule has 10 nitrogen and oxygen atoms in total. The lowest BCUT2D eigenvalue weighted by Crippen LogP contribution is -2.33. The molecule has 7 rings (SSSR count). The first-order valence-corrected chi connectivity index (χ1v) is 17.4. The third-order valence-electron chi connectivity index (χ3n) is 10.1. The number of aromatic nitrogens is 4. The van der Waals surface area contributed by atoms with Gasteiger partial charge < -0.3 is 9.80 Å². The van der Waals surface area contributed by atoms with E-state index in [0.717, 1.165) is 34.7 Å². The molecule has 2 aromatic carbocycles. The van der Waals surface area contributed by atoms with Crippen LogP contribution in [0.3, 0.4) is 0 Å². The Balaban J connectivity index is 1.29. The van der Waals surface area contributed by atoms with Crippen LogP contribution in [0.2, 0.25) is 0 Å². The van der Waals surface area contributed by atoms with Gasteiger partial charge in [-0.15, -0.1) is 5.10 Å². The number of halogens is 9. The molecule has 55 heavy (non-hydrogen) atoms. The number of alkyl halides is 9. The summed E-state index contributed by atoms with van der Waals surface area (Å²) >= 11 is 0. The van der Waals surface area contributed by atoms with E-state index in [9.17, 15) is 53.9 Å². The van der Waals surface area contributed by atoms with Gasteiger partial charge >= 0.3 is 18.5 Å². The van der Waals surface area contributed by atoms with Gasteiger partial charge in [0.2, 0.25) is 0 Å². The number of fused-ring (bicyclic) bond motifs is 2. The van der Waals surface area contributed by atoms with E-state index in [2.05, 4.69) is 15.4 Å². The monoisotopic (exact) mass is 781 g/mol. The van der Waals surface area contributed by atoms with Gasteiger partial charge in [-0.25, -0.2) is 0 Å². The topological polar surface area (TPSA) is 105 Å². The standard InChI is InChI=1S/C36H32F9N7O3/c1-19-11-27-29(3-2-8-49(17-20-4-5-20)30(27)16-28(19)36(43,44)45)51(18-21-12-22(34(37,38)39)14-23(13-21)35(40,41)42)33-46-48-52(47-33)10-9-50-31(54)25-7-6-24(53)15-26(25)32(50)55/h7,11-16,20,29H,2-6,8-10,17-18H2,1H3/t29-/m0/s1. The summed E-state index contributed by atoms with van der Waals surface area (Å²) in [4.78, 5) is 42.8. The van der Waals surface area contributed by atoms with Gasteiger partial charge in [0.1, 0.15) is 0 Å². The van der Waals surface area contributed by atoms with Crippen molar-refractivity contribution in [2.75, 3.05) is 29.4 Å². The molecular weight excluding hydrogens is 749 g/mol. The number of carbonyl (C=O) groups is 3. The Labute approximate surface area is 307 Å². The Kier molecular flexibility index (Phi) is 9.56. The van der Waals surface area contributed by atoms with Crippen molar-refractivity contribution >= 4 is 29.2 Å². The molecule has 19 heteroatoms. The number of benzene rings is 2. The molecule has 1 saturated carbocycles. The number of rotatable bonds is 9. The number of likely N-dealkylation sites (tertiary alicyclic amines) is 1. The molecule has 0 radical (unpaired) electrons. The molecule has 0 bridgehead atoms. The highest BCUT2D eigenvalue weighted by atomic mass is 19.4. The minimum atomic E-state index is -5.15. The maximum Gasteiger partial charge on any atom is 0.416 e. The smallest absolute Gasteiger partial charge is 0.371 e.